The van der Waals surface area contributed by atoms with E-state index < -0.39 is 0 Å². The molecule has 0 saturated heterocycles. The standard InChI is InChI=1S/C18H28N6.HI/c1-5-6-12-19-18(20-13-17-22-21-15(2)24(17)4)23(3)14-16-10-8-7-9-11-16;/h7-11H,5-6,12-14H2,1-4H3,(H,19,20);1H. The molecule has 0 spiro atoms. The Balaban J connectivity index is 0.00000312. The largest absolute Gasteiger partial charge is 0.356 e. The first-order chi connectivity index (χ1) is 11.6. The average molecular weight is 456 g/mol. The SMILES string of the molecule is CCCCNC(=NCc1nnc(C)n1C)N(C)Cc1ccccc1.I. The molecule has 0 saturated carbocycles. The second-order valence-electron chi connectivity index (χ2n) is 5.98. The molecule has 1 N–H and O–H groups in total. The van der Waals surface area contributed by atoms with Crippen molar-refractivity contribution in [3.8, 4) is 0 Å². The molecule has 1 aromatic heterocycles. The molecule has 0 aliphatic heterocycles. The van der Waals surface area contributed by atoms with E-state index in [1.807, 2.05) is 24.6 Å². The van der Waals surface area contributed by atoms with Crippen molar-refractivity contribution in [1.82, 2.24) is 25.0 Å². The second-order valence-corrected chi connectivity index (χ2v) is 5.98. The molecule has 0 bridgehead atoms. The van der Waals surface area contributed by atoms with Gasteiger partial charge in [-0.2, -0.15) is 0 Å². The maximum Gasteiger partial charge on any atom is 0.194 e. The molecule has 2 aromatic rings. The molecule has 0 radical (unpaired) electrons. The predicted octanol–water partition coefficient (Wildman–Crippen LogP) is 3.12. The Morgan fingerprint density at radius 2 is 1.96 bits per heavy atom. The third kappa shape index (κ3) is 6.64. The fraction of sp³-hybridized carbons (Fsp3) is 0.500. The van der Waals surface area contributed by atoms with Crippen LogP contribution in [0.5, 0.6) is 0 Å². The quantitative estimate of drug-likeness (QED) is 0.301. The Hall–Kier alpha value is -1.64. The van der Waals surface area contributed by atoms with Gasteiger partial charge in [0, 0.05) is 27.2 Å². The van der Waals surface area contributed by atoms with Crippen LogP contribution in [0.1, 0.15) is 37.0 Å². The maximum atomic E-state index is 4.74. The summed E-state index contributed by atoms with van der Waals surface area (Å²) in [7, 11) is 4.03. The van der Waals surface area contributed by atoms with E-state index in [4.69, 9.17) is 4.99 Å². The molecule has 0 atom stereocenters. The zero-order chi connectivity index (χ0) is 17.4. The topological polar surface area (TPSA) is 58.3 Å². The molecular weight excluding hydrogens is 427 g/mol. The van der Waals surface area contributed by atoms with Crippen LogP contribution in [0.15, 0.2) is 35.3 Å². The molecule has 6 nitrogen and oxygen atoms in total. The number of rotatable bonds is 7. The summed E-state index contributed by atoms with van der Waals surface area (Å²) in [6.45, 7) is 6.39. The highest BCUT2D eigenvalue weighted by molar-refractivity contribution is 14.0. The van der Waals surface area contributed by atoms with Gasteiger partial charge in [0.25, 0.3) is 0 Å². The van der Waals surface area contributed by atoms with Gasteiger partial charge in [-0.1, -0.05) is 43.7 Å². The van der Waals surface area contributed by atoms with Crippen molar-refractivity contribution in [1.29, 1.82) is 0 Å². The van der Waals surface area contributed by atoms with Crippen LogP contribution in [0, 0.1) is 6.92 Å². The van der Waals surface area contributed by atoms with Gasteiger partial charge < -0.3 is 14.8 Å². The number of aromatic nitrogens is 3. The Morgan fingerprint density at radius 3 is 2.56 bits per heavy atom. The van der Waals surface area contributed by atoms with Gasteiger partial charge >= 0.3 is 0 Å². The minimum absolute atomic E-state index is 0. The van der Waals surface area contributed by atoms with Gasteiger partial charge in [0.05, 0.1) is 0 Å². The number of nitrogens with one attached hydrogen (secondary N) is 1. The summed E-state index contributed by atoms with van der Waals surface area (Å²) in [5.41, 5.74) is 1.26. The summed E-state index contributed by atoms with van der Waals surface area (Å²) in [6, 6.07) is 10.4. The fourth-order valence-corrected chi connectivity index (χ4v) is 2.36. The number of aliphatic imine (C=N–C) groups is 1. The molecule has 2 rings (SSSR count). The number of aryl methyl sites for hydroxylation is 1. The lowest BCUT2D eigenvalue weighted by atomic mass is 10.2. The van der Waals surface area contributed by atoms with E-state index in [1.54, 1.807) is 0 Å². The lowest BCUT2D eigenvalue weighted by molar-refractivity contribution is 0.472. The molecule has 1 aromatic carbocycles. The van der Waals surface area contributed by atoms with Crippen LogP contribution in [-0.2, 0) is 20.1 Å². The highest BCUT2D eigenvalue weighted by Crippen LogP contribution is 2.05. The highest BCUT2D eigenvalue weighted by atomic mass is 127. The average Bonchev–Trinajstić information content (AvgIpc) is 2.90. The summed E-state index contributed by atoms with van der Waals surface area (Å²) in [6.07, 6.45) is 2.28. The van der Waals surface area contributed by atoms with Crippen LogP contribution in [0.2, 0.25) is 0 Å². The van der Waals surface area contributed by atoms with Crippen molar-refractivity contribution in [3.05, 3.63) is 47.5 Å². The van der Waals surface area contributed by atoms with Gasteiger partial charge in [0.15, 0.2) is 11.8 Å². The molecule has 0 unspecified atom stereocenters. The van der Waals surface area contributed by atoms with Crippen molar-refractivity contribution >= 4 is 29.9 Å². The van der Waals surface area contributed by atoms with E-state index in [0.29, 0.717) is 6.54 Å². The van der Waals surface area contributed by atoms with Crippen molar-refractivity contribution in [2.24, 2.45) is 12.0 Å². The predicted molar refractivity (Wildman–Crippen MR) is 113 cm³/mol. The van der Waals surface area contributed by atoms with Crippen molar-refractivity contribution in [3.63, 3.8) is 0 Å². The number of unbranched alkanes of at least 4 members (excludes halogenated alkanes) is 1. The van der Waals surface area contributed by atoms with E-state index in [9.17, 15) is 0 Å². The molecular formula is C18H29IN6. The summed E-state index contributed by atoms with van der Waals surface area (Å²) in [5.74, 6) is 2.67. The third-order valence-electron chi connectivity index (χ3n) is 3.99. The lowest BCUT2D eigenvalue weighted by Crippen LogP contribution is -2.39. The van der Waals surface area contributed by atoms with Gasteiger partial charge in [-0.05, 0) is 18.9 Å². The summed E-state index contributed by atoms with van der Waals surface area (Å²) in [4.78, 5) is 6.89. The monoisotopic (exact) mass is 456 g/mol. The van der Waals surface area contributed by atoms with Gasteiger partial charge in [0.1, 0.15) is 12.4 Å². The van der Waals surface area contributed by atoms with Crippen LogP contribution in [0.25, 0.3) is 0 Å². The molecule has 1 heterocycles. The number of nitrogens with zero attached hydrogens (tertiary/aromatic N) is 5. The summed E-state index contributed by atoms with van der Waals surface area (Å²) >= 11 is 0. The zero-order valence-electron chi connectivity index (χ0n) is 15.6. The second kappa shape index (κ2) is 11.1. The normalized spacial score (nSPS) is 11.1. The molecule has 25 heavy (non-hydrogen) atoms. The maximum absolute atomic E-state index is 4.74. The van der Waals surface area contributed by atoms with Crippen molar-refractivity contribution in [2.45, 2.75) is 39.8 Å². The number of hydrogen-bond donors (Lipinski definition) is 1. The third-order valence-corrected chi connectivity index (χ3v) is 3.99. The van der Waals surface area contributed by atoms with Crippen LogP contribution < -0.4 is 5.32 Å². The molecule has 0 amide bonds. The molecule has 0 aliphatic rings. The first kappa shape index (κ1) is 21.4. The fourth-order valence-electron chi connectivity index (χ4n) is 2.36. The minimum Gasteiger partial charge on any atom is -0.356 e. The van der Waals surface area contributed by atoms with Crippen LogP contribution in [0.3, 0.4) is 0 Å². The van der Waals surface area contributed by atoms with Gasteiger partial charge in [-0.25, -0.2) is 4.99 Å². The van der Waals surface area contributed by atoms with E-state index in [1.165, 1.54) is 5.56 Å². The molecule has 0 aliphatic carbocycles. The summed E-state index contributed by atoms with van der Waals surface area (Å²) < 4.78 is 1.98. The number of hydrogen-bond acceptors (Lipinski definition) is 3. The summed E-state index contributed by atoms with van der Waals surface area (Å²) in [5, 5.41) is 11.7. The Kier molecular flexibility index (Phi) is 9.48. The van der Waals surface area contributed by atoms with Crippen molar-refractivity contribution < 1.29 is 0 Å². The molecule has 138 valence electrons. The first-order valence-corrected chi connectivity index (χ1v) is 8.50. The van der Waals surface area contributed by atoms with Crippen LogP contribution in [0.4, 0.5) is 0 Å². The Bertz CT molecular complexity index is 653. The molecule has 0 fully saturated rings. The number of halogens is 1. The Morgan fingerprint density at radius 1 is 1.24 bits per heavy atom. The van der Waals surface area contributed by atoms with Crippen molar-refractivity contribution in [2.75, 3.05) is 13.6 Å². The van der Waals surface area contributed by atoms with Crippen LogP contribution in [-0.4, -0.2) is 39.2 Å². The minimum atomic E-state index is 0. The number of guanidine groups is 1. The first-order valence-electron chi connectivity index (χ1n) is 8.50. The van der Waals surface area contributed by atoms with E-state index in [-0.39, 0.29) is 24.0 Å². The van der Waals surface area contributed by atoms with Gasteiger partial charge in [-0.15, -0.1) is 34.2 Å². The van der Waals surface area contributed by atoms with Crippen LogP contribution >= 0.6 is 24.0 Å². The lowest BCUT2D eigenvalue weighted by Gasteiger charge is -2.22. The zero-order valence-corrected chi connectivity index (χ0v) is 17.9. The van der Waals surface area contributed by atoms with Gasteiger partial charge in [0.2, 0.25) is 0 Å². The number of benzene rings is 1. The molecule has 7 heteroatoms. The Labute approximate surface area is 167 Å². The van der Waals surface area contributed by atoms with Gasteiger partial charge in [-0.3, -0.25) is 0 Å². The smallest absolute Gasteiger partial charge is 0.194 e. The van der Waals surface area contributed by atoms with E-state index in [2.05, 4.69) is 58.7 Å². The van der Waals surface area contributed by atoms with E-state index in [0.717, 1.165) is 43.5 Å². The van der Waals surface area contributed by atoms with E-state index >= 15 is 0 Å². The highest BCUT2D eigenvalue weighted by Gasteiger charge is 2.09.